The zero-order valence-corrected chi connectivity index (χ0v) is 18.4. The Kier molecular flexibility index (Phi) is 6.12. The van der Waals surface area contributed by atoms with Crippen LogP contribution in [0, 0.1) is 0 Å². The van der Waals surface area contributed by atoms with Crippen molar-refractivity contribution in [1.82, 2.24) is 19.9 Å². The average Bonchev–Trinajstić information content (AvgIpc) is 2.88. The molecule has 1 saturated heterocycles. The van der Waals surface area contributed by atoms with E-state index in [9.17, 15) is 0 Å². The largest absolute Gasteiger partial charge is 0.393 e. The van der Waals surface area contributed by atoms with Crippen molar-refractivity contribution < 1.29 is 0 Å². The van der Waals surface area contributed by atoms with Gasteiger partial charge in [0.15, 0.2) is 11.6 Å². The fourth-order valence-corrected chi connectivity index (χ4v) is 4.39. The summed E-state index contributed by atoms with van der Waals surface area (Å²) in [6, 6.07) is 25.4. The third-order valence-corrected chi connectivity index (χ3v) is 6.00. The lowest BCUT2D eigenvalue weighted by Crippen LogP contribution is -2.48. The van der Waals surface area contributed by atoms with Gasteiger partial charge < -0.3 is 16.0 Å². The van der Waals surface area contributed by atoms with Crippen LogP contribution in [0.3, 0.4) is 0 Å². The van der Waals surface area contributed by atoms with E-state index in [4.69, 9.17) is 5.73 Å². The predicted octanol–water partition coefficient (Wildman–Crippen LogP) is 4.11. The first-order chi connectivity index (χ1) is 16.3. The first-order valence-corrected chi connectivity index (χ1v) is 11.2. The number of piperazine rings is 1. The maximum absolute atomic E-state index is 6.48. The molecule has 7 heteroatoms. The van der Waals surface area contributed by atoms with Crippen LogP contribution in [-0.4, -0.2) is 46.0 Å². The summed E-state index contributed by atoms with van der Waals surface area (Å²) in [6.45, 7) is 3.49. The fourth-order valence-electron chi connectivity index (χ4n) is 4.39. The first kappa shape index (κ1) is 20.9. The number of hydrogen-bond donors (Lipinski definition) is 2. The minimum Gasteiger partial charge on any atom is -0.393 e. The summed E-state index contributed by atoms with van der Waals surface area (Å²) >= 11 is 0. The zero-order chi connectivity index (χ0) is 22.5. The molecule has 0 bridgehead atoms. The third-order valence-electron chi connectivity index (χ3n) is 6.00. The molecule has 0 unspecified atom stereocenters. The molecule has 0 spiro atoms. The number of nitrogens with two attached hydrogens (primary N) is 1. The quantitative estimate of drug-likeness (QED) is 0.470. The molecule has 0 amide bonds. The molecule has 166 valence electrons. The summed E-state index contributed by atoms with van der Waals surface area (Å²) in [5.74, 6) is 1.37. The summed E-state index contributed by atoms with van der Waals surface area (Å²) in [5, 5.41) is 3.25. The van der Waals surface area contributed by atoms with Gasteiger partial charge in [-0.15, -0.1) is 0 Å². The lowest BCUT2D eigenvalue weighted by Gasteiger charge is -2.40. The van der Waals surface area contributed by atoms with Crippen LogP contribution in [0.1, 0.15) is 17.2 Å². The molecule has 7 nitrogen and oxygen atoms in total. The number of pyridine rings is 1. The molecule has 1 fully saturated rings. The van der Waals surface area contributed by atoms with Gasteiger partial charge >= 0.3 is 0 Å². The van der Waals surface area contributed by atoms with E-state index in [0.29, 0.717) is 11.5 Å². The molecular weight excluding hydrogens is 410 g/mol. The Morgan fingerprint density at radius 2 is 1.45 bits per heavy atom. The molecule has 5 rings (SSSR count). The molecule has 3 N–H and O–H groups in total. The van der Waals surface area contributed by atoms with E-state index in [1.165, 1.54) is 11.1 Å². The molecule has 0 saturated carbocycles. The van der Waals surface area contributed by atoms with E-state index in [-0.39, 0.29) is 6.04 Å². The minimum atomic E-state index is 0.222. The summed E-state index contributed by atoms with van der Waals surface area (Å²) < 4.78 is 0. The SMILES string of the molecule is Nc1c(Nc2cccnc2)ncnc1N1CCN(C(c2ccccc2)c2ccccc2)CC1. The van der Waals surface area contributed by atoms with Gasteiger partial charge in [-0.25, -0.2) is 9.97 Å². The van der Waals surface area contributed by atoms with Crippen LogP contribution in [0.5, 0.6) is 0 Å². The Balaban J connectivity index is 1.34. The van der Waals surface area contributed by atoms with Gasteiger partial charge in [-0.3, -0.25) is 9.88 Å². The van der Waals surface area contributed by atoms with Crippen molar-refractivity contribution in [2.75, 3.05) is 42.1 Å². The smallest absolute Gasteiger partial charge is 0.159 e. The van der Waals surface area contributed by atoms with Gasteiger partial charge in [0, 0.05) is 32.4 Å². The van der Waals surface area contributed by atoms with Crippen molar-refractivity contribution in [3.8, 4) is 0 Å². The number of nitrogens with one attached hydrogen (secondary N) is 1. The van der Waals surface area contributed by atoms with Crippen LogP contribution in [0.25, 0.3) is 0 Å². The van der Waals surface area contributed by atoms with Crippen molar-refractivity contribution >= 4 is 23.0 Å². The highest BCUT2D eigenvalue weighted by atomic mass is 15.3. The number of anilines is 4. The minimum absolute atomic E-state index is 0.222. The first-order valence-electron chi connectivity index (χ1n) is 11.2. The number of nitrogens with zero attached hydrogens (tertiary/aromatic N) is 5. The summed E-state index contributed by atoms with van der Waals surface area (Å²) in [5.41, 5.74) is 10.5. The Morgan fingerprint density at radius 1 is 0.788 bits per heavy atom. The molecule has 3 heterocycles. The van der Waals surface area contributed by atoms with Gasteiger partial charge in [-0.05, 0) is 23.3 Å². The average molecular weight is 438 g/mol. The van der Waals surface area contributed by atoms with Crippen LogP contribution in [0.15, 0.2) is 91.5 Å². The molecule has 1 aliphatic heterocycles. The van der Waals surface area contributed by atoms with Gasteiger partial charge in [0.05, 0.1) is 17.9 Å². The number of hydrogen-bond acceptors (Lipinski definition) is 7. The normalized spacial score (nSPS) is 14.4. The number of nitrogen functional groups attached to an aromatic ring is 1. The Morgan fingerprint density at radius 3 is 2.06 bits per heavy atom. The van der Waals surface area contributed by atoms with Gasteiger partial charge in [0.25, 0.3) is 0 Å². The molecule has 0 aliphatic carbocycles. The molecule has 4 aromatic rings. The Hall–Kier alpha value is -3.97. The fraction of sp³-hybridized carbons (Fsp3) is 0.192. The highest BCUT2D eigenvalue weighted by Crippen LogP contribution is 2.32. The van der Waals surface area contributed by atoms with Crippen LogP contribution in [0.4, 0.5) is 23.0 Å². The molecule has 0 radical (unpaired) electrons. The second-order valence-electron chi connectivity index (χ2n) is 8.07. The number of rotatable bonds is 6. The van der Waals surface area contributed by atoms with Crippen LogP contribution < -0.4 is 16.0 Å². The molecule has 2 aromatic heterocycles. The van der Waals surface area contributed by atoms with E-state index in [1.54, 1.807) is 18.7 Å². The van der Waals surface area contributed by atoms with Crippen molar-refractivity contribution in [2.24, 2.45) is 0 Å². The predicted molar refractivity (Wildman–Crippen MR) is 132 cm³/mol. The van der Waals surface area contributed by atoms with E-state index in [2.05, 4.69) is 90.7 Å². The standard InChI is InChI=1S/C26H27N7/c27-23-25(31-22-12-7-13-28-18-22)29-19-30-26(23)33-16-14-32(15-17-33)24(20-8-3-1-4-9-20)21-10-5-2-6-11-21/h1-13,18-19,24H,14-17,27H2,(H,29,30,31). The van der Waals surface area contributed by atoms with Crippen molar-refractivity contribution in [2.45, 2.75) is 6.04 Å². The van der Waals surface area contributed by atoms with Crippen LogP contribution in [-0.2, 0) is 0 Å². The molecule has 0 atom stereocenters. The van der Waals surface area contributed by atoms with E-state index in [0.717, 1.165) is 37.7 Å². The summed E-state index contributed by atoms with van der Waals surface area (Å²) in [6.07, 6.45) is 5.04. The highest BCUT2D eigenvalue weighted by molar-refractivity contribution is 5.78. The summed E-state index contributed by atoms with van der Waals surface area (Å²) in [4.78, 5) is 17.8. The monoisotopic (exact) mass is 437 g/mol. The zero-order valence-electron chi connectivity index (χ0n) is 18.4. The second-order valence-corrected chi connectivity index (χ2v) is 8.07. The molecule has 1 aliphatic rings. The van der Waals surface area contributed by atoms with E-state index >= 15 is 0 Å². The highest BCUT2D eigenvalue weighted by Gasteiger charge is 2.28. The van der Waals surface area contributed by atoms with Gasteiger partial charge in [-0.2, -0.15) is 0 Å². The van der Waals surface area contributed by atoms with Crippen molar-refractivity contribution in [3.05, 3.63) is 103 Å². The van der Waals surface area contributed by atoms with E-state index in [1.807, 2.05) is 12.1 Å². The number of aromatic nitrogens is 3. The van der Waals surface area contributed by atoms with Crippen LogP contribution >= 0.6 is 0 Å². The Labute approximate surface area is 193 Å². The molecule has 33 heavy (non-hydrogen) atoms. The van der Waals surface area contributed by atoms with Crippen molar-refractivity contribution in [1.29, 1.82) is 0 Å². The lowest BCUT2D eigenvalue weighted by molar-refractivity contribution is 0.212. The Bertz CT molecular complexity index is 1120. The molecule has 2 aromatic carbocycles. The maximum atomic E-state index is 6.48. The number of benzene rings is 2. The topological polar surface area (TPSA) is 83.2 Å². The summed E-state index contributed by atoms with van der Waals surface area (Å²) in [7, 11) is 0. The van der Waals surface area contributed by atoms with Crippen molar-refractivity contribution in [3.63, 3.8) is 0 Å². The third kappa shape index (κ3) is 4.63. The maximum Gasteiger partial charge on any atom is 0.159 e. The van der Waals surface area contributed by atoms with Crippen LogP contribution in [0.2, 0.25) is 0 Å². The molecular formula is C26H27N7. The van der Waals surface area contributed by atoms with Gasteiger partial charge in [0.1, 0.15) is 12.0 Å². The van der Waals surface area contributed by atoms with E-state index < -0.39 is 0 Å². The van der Waals surface area contributed by atoms with Gasteiger partial charge in [0.2, 0.25) is 0 Å². The van der Waals surface area contributed by atoms with Gasteiger partial charge in [-0.1, -0.05) is 60.7 Å². The lowest BCUT2D eigenvalue weighted by atomic mass is 9.96. The second kappa shape index (κ2) is 9.67.